The van der Waals surface area contributed by atoms with Gasteiger partial charge in [0.1, 0.15) is 0 Å². The van der Waals surface area contributed by atoms with Crippen LogP contribution in [0.3, 0.4) is 0 Å². The molecule has 2 aliphatic rings. The van der Waals surface area contributed by atoms with E-state index in [4.69, 9.17) is 0 Å². The van der Waals surface area contributed by atoms with Gasteiger partial charge in [0.25, 0.3) is 0 Å². The van der Waals surface area contributed by atoms with E-state index in [9.17, 15) is 4.79 Å². The third-order valence-corrected chi connectivity index (χ3v) is 5.49. The summed E-state index contributed by atoms with van der Waals surface area (Å²) in [6.07, 6.45) is 1.21. The molecule has 0 saturated carbocycles. The molecule has 2 saturated heterocycles. The van der Waals surface area contributed by atoms with Gasteiger partial charge in [-0.3, -0.25) is 9.69 Å². The molecule has 0 aliphatic carbocycles. The van der Waals surface area contributed by atoms with Gasteiger partial charge in [0, 0.05) is 16.7 Å². The summed E-state index contributed by atoms with van der Waals surface area (Å²) in [4.78, 5) is 14.5. The smallest absolute Gasteiger partial charge is 0.238 e. The number of hydrogen-bond acceptors (Lipinski definition) is 3. The molecule has 1 aromatic rings. The normalized spacial score (nSPS) is 25.6. The highest BCUT2D eigenvalue weighted by molar-refractivity contribution is 9.10. The van der Waals surface area contributed by atoms with Crippen LogP contribution in [0.1, 0.15) is 12.0 Å². The van der Waals surface area contributed by atoms with Crippen molar-refractivity contribution in [2.24, 2.45) is 11.8 Å². The summed E-state index contributed by atoms with van der Waals surface area (Å²) < 4.78 is 1.07. The number of benzene rings is 1. The van der Waals surface area contributed by atoms with Crippen LogP contribution in [0.2, 0.25) is 0 Å². The fraction of sp³-hybridized carbons (Fsp3) is 0.562. The molecular formula is C16H22BrN3O. The first-order valence-electron chi connectivity index (χ1n) is 7.61. The van der Waals surface area contributed by atoms with Crippen molar-refractivity contribution >= 4 is 27.5 Å². The van der Waals surface area contributed by atoms with Crippen molar-refractivity contribution in [2.45, 2.75) is 13.3 Å². The summed E-state index contributed by atoms with van der Waals surface area (Å²) in [6, 6.07) is 5.90. The molecule has 2 atom stereocenters. The number of piperidine rings is 1. The Morgan fingerprint density at radius 3 is 3.05 bits per heavy atom. The van der Waals surface area contributed by atoms with Gasteiger partial charge in [0.2, 0.25) is 5.91 Å². The lowest BCUT2D eigenvalue weighted by molar-refractivity contribution is -0.117. The third-order valence-electron chi connectivity index (χ3n) is 4.60. The number of aryl methyl sites for hydroxylation is 1. The number of likely N-dealkylation sites (tertiary alicyclic amines) is 1. The van der Waals surface area contributed by atoms with E-state index >= 15 is 0 Å². The monoisotopic (exact) mass is 351 g/mol. The Morgan fingerprint density at radius 1 is 1.43 bits per heavy atom. The van der Waals surface area contributed by atoms with E-state index in [2.05, 4.69) is 31.5 Å². The summed E-state index contributed by atoms with van der Waals surface area (Å²) in [5, 5.41) is 6.46. The Bertz CT molecular complexity index is 534. The van der Waals surface area contributed by atoms with Gasteiger partial charge in [-0.1, -0.05) is 15.9 Å². The van der Waals surface area contributed by atoms with Crippen molar-refractivity contribution in [2.75, 3.05) is 38.0 Å². The molecule has 1 aromatic carbocycles. The Kier molecular flexibility index (Phi) is 4.62. The fourth-order valence-electron chi connectivity index (χ4n) is 3.38. The molecule has 0 radical (unpaired) electrons. The summed E-state index contributed by atoms with van der Waals surface area (Å²) in [5.74, 6) is 1.63. The van der Waals surface area contributed by atoms with Crippen LogP contribution in [0.5, 0.6) is 0 Å². The van der Waals surface area contributed by atoms with Crippen LogP contribution in [0.4, 0.5) is 5.69 Å². The van der Waals surface area contributed by atoms with Gasteiger partial charge in [0.15, 0.2) is 0 Å². The lowest BCUT2D eigenvalue weighted by Gasteiger charge is -2.33. The van der Waals surface area contributed by atoms with Crippen molar-refractivity contribution in [1.82, 2.24) is 10.2 Å². The number of hydrogen-bond donors (Lipinski definition) is 2. The lowest BCUT2D eigenvalue weighted by Crippen LogP contribution is -2.43. The topological polar surface area (TPSA) is 44.4 Å². The predicted molar refractivity (Wildman–Crippen MR) is 88.4 cm³/mol. The molecule has 2 aliphatic heterocycles. The highest BCUT2D eigenvalue weighted by atomic mass is 79.9. The van der Waals surface area contributed by atoms with Crippen LogP contribution in [0.15, 0.2) is 22.7 Å². The lowest BCUT2D eigenvalue weighted by atomic mass is 9.89. The Hall–Kier alpha value is -0.910. The first-order valence-corrected chi connectivity index (χ1v) is 8.40. The number of anilines is 1. The zero-order valence-electron chi connectivity index (χ0n) is 12.4. The van der Waals surface area contributed by atoms with Gasteiger partial charge in [-0.05, 0) is 68.6 Å². The number of nitrogens with one attached hydrogen (secondary N) is 2. The van der Waals surface area contributed by atoms with Crippen molar-refractivity contribution in [3.8, 4) is 0 Å². The van der Waals surface area contributed by atoms with Crippen LogP contribution >= 0.6 is 15.9 Å². The van der Waals surface area contributed by atoms with E-state index in [1.54, 1.807) is 0 Å². The van der Waals surface area contributed by atoms with Crippen LogP contribution in [-0.2, 0) is 4.79 Å². The van der Waals surface area contributed by atoms with Crippen LogP contribution in [-0.4, -0.2) is 43.5 Å². The SMILES string of the molecule is Cc1cc(NC(=O)CN2CCC3CNCC3C2)ccc1Br. The minimum atomic E-state index is 0.0844. The van der Waals surface area contributed by atoms with Crippen molar-refractivity contribution in [1.29, 1.82) is 0 Å². The Labute approximate surface area is 134 Å². The number of halogens is 1. The van der Waals surface area contributed by atoms with E-state index in [1.165, 1.54) is 6.42 Å². The van der Waals surface area contributed by atoms with Gasteiger partial charge < -0.3 is 10.6 Å². The van der Waals surface area contributed by atoms with Gasteiger partial charge in [-0.15, -0.1) is 0 Å². The van der Waals surface area contributed by atoms with Crippen LogP contribution in [0, 0.1) is 18.8 Å². The second-order valence-corrected chi connectivity index (χ2v) is 7.07. The number of carbonyl (C=O) groups excluding carboxylic acids is 1. The first-order chi connectivity index (χ1) is 10.1. The molecule has 2 unspecified atom stereocenters. The van der Waals surface area contributed by atoms with Crippen molar-refractivity contribution in [3.63, 3.8) is 0 Å². The van der Waals surface area contributed by atoms with E-state index in [0.29, 0.717) is 6.54 Å². The molecule has 2 fully saturated rings. The average Bonchev–Trinajstić information content (AvgIpc) is 2.90. The van der Waals surface area contributed by atoms with E-state index < -0.39 is 0 Å². The summed E-state index contributed by atoms with van der Waals surface area (Å²) in [6.45, 7) is 6.87. The molecule has 5 heteroatoms. The zero-order valence-corrected chi connectivity index (χ0v) is 13.9. The first kappa shape index (κ1) is 15.0. The predicted octanol–water partition coefficient (Wildman–Crippen LogP) is 2.24. The maximum Gasteiger partial charge on any atom is 0.238 e. The zero-order chi connectivity index (χ0) is 14.8. The molecule has 2 N–H and O–H groups in total. The molecule has 21 heavy (non-hydrogen) atoms. The van der Waals surface area contributed by atoms with E-state index in [0.717, 1.165) is 53.7 Å². The highest BCUT2D eigenvalue weighted by Crippen LogP contribution is 2.26. The minimum Gasteiger partial charge on any atom is -0.325 e. The Balaban J connectivity index is 1.53. The number of fused-ring (bicyclic) bond motifs is 1. The summed E-state index contributed by atoms with van der Waals surface area (Å²) in [7, 11) is 0. The number of nitrogens with zero attached hydrogens (tertiary/aromatic N) is 1. The molecule has 0 bridgehead atoms. The fourth-order valence-corrected chi connectivity index (χ4v) is 3.63. The standard InChI is InChI=1S/C16H22BrN3O/c1-11-6-14(2-3-15(11)17)19-16(21)10-20-5-4-12-7-18-8-13(12)9-20/h2-3,6,12-13,18H,4-5,7-10H2,1H3,(H,19,21). The number of rotatable bonds is 3. The van der Waals surface area contributed by atoms with E-state index in [-0.39, 0.29) is 5.91 Å². The molecular weight excluding hydrogens is 330 g/mol. The maximum absolute atomic E-state index is 12.2. The number of carbonyl (C=O) groups is 1. The molecule has 1 amide bonds. The van der Waals surface area contributed by atoms with Gasteiger partial charge >= 0.3 is 0 Å². The maximum atomic E-state index is 12.2. The molecule has 2 heterocycles. The van der Waals surface area contributed by atoms with E-state index in [1.807, 2.05) is 25.1 Å². The van der Waals surface area contributed by atoms with Crippen molar-refractivity contribution in [3.05, 3.63) is 28.2 Å². The van der Waals surface area contributed by atoms with Gasteiger partial charge in [0.05, 0.1) is 6.54 Å². The van der Waals surface area contributed by atoms with Crippen LogP contribution in [0.25, 0.3) is 0 Å². The number of amides is 1. The molecule has 114 valence electrons. The highest BCUT2D eigenvalue weighted by Gasteiger charge is 2.33. The Morgan fingerprint density at radius 2 is 2.24 bits per heavy atom. The second-order valence-electron chi connectivity index (χ2n) is 6.21. The molecule has 4 nitrogen and oxygen atoms in total. The summed E-state index contributed by atoms with van der Waals surface area (Å²) >= 11 is 3.47. The van der Waals surface area contributed by atoms with Crippen molar-refractivity contribution < 1.29 is 4.79 Å². The average molecular weight is 352 g/mol. The summed E-state index contributed by atoms with van der Waals surface area (Å²) in [5.41, 5.74) is 2.00. The van der Waals surface area contributed by atoms with Crippen LogP contribution < -0.4 is 10.6 Å². The third kappa shape index (κ3) is 3.65. The molecule has 0 spiro atoms. The van der Waals surface area contributed by atoms with Gasteiger partial charge in [-0.2, -0.15) is 0 Å². The minimum absolute atomic E-state index is 0.0844. The van der Waals surface area contributed by atoms with Gasteiger partial charge in [-0.25, -0.2) is 0 Å². The quantitative estimate of drug-likeness (QED) is 0.877. The largest absolute Gasteiger partial charge is 0.325 e. The molecule has 0 aromatic heterocycles. The molecule has 3 rings (SSSR count). The second kappa shape index (κ2) is 6.46.